The first-order valence-electron chi connectivity index (χ1n) is 7.73. The molecular formula is C16H21NO7. The van der Waals surface area contributed by atoms with E-state index in [1.807, 2.05) is 30.3 Å². The van der Waals surface area contributed by atoms with Crippen LogP contribution in [0.15, 0.2) is 30.3 Å². The van der Waals surface area contributed by atoms with Gasteiger partial charge in [0.1, 0.15) is 24.4 Å². The highest BCUT2D eigenvalue weighted by Gasteiger charge is 2.59. The Morgan fingerprint density at radius 3 is 2.50 bits per heavy atom. The third-order valence-corrected chi connectivity index (χ3v) is 4.71. The van der Waals surface area contributed by atoms with Crippen molar-refractivity contribution in [2.45, 2.75) is 42.7 Å². The largest absolute Gasteiger partial charge is 0.414 e. The van der Waals surface area contributed by atoms with E-state index in [1.54, 1.807) is 7.05 Å². The van der Waals surface area contributed by atoms with Crippen molar-refractivity contribution in [2.75, 3.05) is 13.7 Å². The lowest BCUT2D eigenvalue weighted by Crippen LogP contribution is -2.69. The molecule has 8 heteroatoms. The third-order valence-electron chi connectivity index (χ3n) is 4.71. The Labute approximate surface area is 138 Å². The molecule has 0 radical (unpaired) electrons. The van der Waals surface area contributed by atoms with Crippen molar-refractivity contribution in [3.8, 4) is 0 Å². The zero-order valence-corrected chi connectivity index (χ0v) is 13.1. The number of ether oxygens (including phenoxy) is 2. The zero-order chi connectivity index (χ0) is 17.5. The number of amides is 1. The number of aliphatic hydroxyl groups excluding tert-OH is 4. The van der Waals surface area contributed by atoms with Gasteiger partial charge < -0.3 is 34.8 Å². The van der Waals surface area contributed by atoms with Crippen LogP contribution in [0.4, 0.5) is 4.79 Å². The highest BCUT2D eigenvalue weighted by molar-refractivity contribution is 5.69. The lowest BCUT2D eigenvalue weighted by molar-refractivity contribution is -0.360. The molecule has 2 aliphatic heterocycles. The minimum absolute atomic E-state index is 0.0424. The fourth-order valence-corrected chi connectivity index (χ4v) is 3.27. The second-order valence-corrected chi connectivity index (χ2v) is 6.19. The van der Waals surface area contributed by atoms with Crippen LogP contribution in [-0.2, 0) is 9.47 Å². The van der Waals surface area contributed by atoms with Gasteiger partial charge in [0.2, 0.25) is 5.79 Å². The van der Waals surface area contributed by atoms with E-state index in [-0.39, 0.29) is 6.42 Å². The first-order valence-corrected chi connectivity index (χ1v) is 7.73. The van der Waals surface area contributed by atoms with Crippen LogP contribution >= 0.6 is 0 Å². The van der Waals surface area contributed by atoms with Gasteiger partial charge in [-0.05, 0) is 5.56 Å². The van der Waals surface area contributed by atoms with E-state index in [0.717, 1.165) is 5.56 Å². The van der Waals surface area contributed by atoms with Gasteiger partial charge in [-0.2, -0.15) is 0 Å². The van der Waals surface area contributed by atoms with E-state index < -0.39 is 48.9 Å². The molecule has 0 aromatic heterocycles. The second-order valence-electron chi connectivity index (χ2n) is 6.19. The molecule has 1 amide bonds. The number of nitrogens with zero attached hydrogens (tertiary/aromatic N) is 1. The Balaban J connectivity index is 1.96. The molecule has 132 valence electrons. The van der Waals surface area contributed by atoms with Crippen molar-refractivity contribution in [1.29, 1.82) is 0 Å². The summed E-state index contributed by atoms with van der Waals surface area (Å²) >= 11 is 0. The molecule has 1 aromatic rings. The van der Waals surface area contributed by atoms with Crippen LogP contribution in [0.1, 0.15) is 18.0 Å². The third kappa shape index (κ3) is 2.66. The Kier molecular flexibility index (Phi) is 4.50. The quantitative estimate of drug-likeness (QED) is 0.566. The number of aliphatic hydroxyl groups is 4. The first kappa shape index (κ1) is 17.1. The predicted octanol–water partition coefficient (Wildman–Crippen LogP) is -0.630. The standard InChI is InChI=1S/C16H21NO7/c1-17-10(9-5-3-2-4-6-9)7-16(24-15(17)22)14(21)13(20)12(19)11(8-18)23-16/h2-6,10-14,18-21H,7-8H2,1H3/t10-,11+,12+,13-,14+,16-/m0/s1. The Morgan fingerprint density at radius 1 is 1.21 bits per heavy atom. The van der Waals surface area contributed by atoms with E-state index in [9.17, 15) is 25.2 Å². The summed E-state index contributed by atoms with van der Waals surface area (Å²) < 4.78 is 10.8. The molecule has 2 aliphatic rings. The molecule has 4 N–H and O–H groups in total. The normalized spacial score (nSPS) is 39.8. The minimum Gasteiger partial charge on any atom is -0.414 e. The summed E-state index contributed by atoms with van der Waals surface area (Å²) in [5.74, 6) is -1.84. The van der Waals surface area contributed by atoms with Gasteiger partial charge in [-0.25, -0.2) is 4.79 Å². The summed E-state index contributed by atoms with van der Waals surface area (Å²) in [5, 5.41) is 39.7. The van der Waals surface area contributed by atoms with Crippen LogP contribution in [0.3, 0.4) is 0 Å². The van der Waals surface area contributed by atoms with Crippen LogP contribution in [-0.4, -0.2) is 75.3 Å². The number of benzene rings is 1. The highest BCUT2D eigenvalue weighted by Crippen LogP contribution is 2.43. The number of hydrogen-bond acceptors (Lipinski definition) is 7. The number of carbonyl (C=O) groups excluding carboxylic acids is 1. The molecule has 0 saturated carbocycles. The predicted molar refractivity (Wildman–Crippen MR) is 80.8 cm³/mol. The molecule has 0 unspecified atom stereocenters. The summed E-state index contributed by atoms with van der Waals surface area (Å²) in [6.07, 6.45) is -6.59. The summed E-state index contributed by atoms with van der Waals surface area (Å²) in [4.78, 5) is 13.7. The summed E-state index contributed by atoms with van der Waals surface area (Å²) in [7, 11) is 1.57. The lowest BCUT2D eigenvalue weighted by Gasteiger charge is -2.52. The average Bonchev–Trinajstić information content (AvgIpc) is 2.60. The molecule has 2 fully saturated rings. The van der Waals surface area contributed by atoms with Crippen molar-refractivity contribution in [3.05, 3.63) is 35.9 Å². The summed E-state index contributed by atoms with van der Waals surface area (Å²) in [5.41, 5.74) is 0.813. The van der Waals surface area contributed by atoms with Crippen LogP contribution in [0.25, 0.3) is 0 Å². The van der Waals surface area contributed by atoms with Crippen molar-refractivity contribution < 1.29 is 34.7 Å². The molecule has 0 aliphatic carbocycles. The molecule has 6 atom stereocenters. The highest BCUT2D eigenvalue weighted by atomic mass is 16.7. The molecule has 1 spiro atoms. The van der Waals surface area contributed by atoms with Gasteiger partial charge in [0.25, 0.3) is 0 Å². The van der Waals surface area contributed by atoms with Crippen molar-refractivity contribution in [3.63, 3.8) is 0 Å². The molecule has 24 heavy (non-hydrogen) atoms. The number of hydrogen-bond donors (Lipinski definition) is 4. The lowest BCUT2D eigenvalue weighted by atomic mass is 9.85. The first-order chi connectivity index (χ1) is 11.4. The van der Waals surface area contributed by atoms with Crippen LogP contribution < -0.4 is 0 Å². The molecule has 1 aromatic carbocycles. The molecule has 3 rings (SSSR count). The van der Waals surface area contributed by atoms with Crippen molar-refractivity contribution in [1.82, 2.24) is 4.90 Å². The average molecular weight is 339 g/mol. The van der Waals surface area contributed by atoms with Crippen LogP contribution in [0.5, 0.6) is 0 Å². The molecule has 8 nitrogen and oxygen atoms in total. The SMILES string of the molecule is CN1C(=O)O[C@]2(C[C@H]1c1ccccc1)O[C@H](CO)[C@@H](O)[C@H](O)[C@H]2O. The van der Waals surface area contributed by atoms with Crippen molar-refractivity contribution >= 4 is 6.09 Å². The summed E-state index contributed by atoms with van der Waals surface area (Å²) in [6.45, 7) is -0.587. The van der Waals surface area contributed by atoms with Crippen LogP contribution in [0, 0.1) is 0 Å². The number of rotatable bonds is 2. The van der Waals surface area contributed by atoms with Gasteiger partial charge >= 0.3 is 6.09 Å². The fourth-order valence-electron chi connectivity index (χ4n) is 3.27. The van der Waals surface area contributed by atoms with Crippen LogP contribution in [0.2, 0.25) is 0 Å². The fraction of sp³-hybridized carbons (Fsp3) is 0.562. The maximum absolute atomic E-state index is 12.3. The maximum Gasteiger partial charge on any atom is 0.412 e. The van der Waals surface area contributed by atoms with Gasteiger partial charge in [0.05, 0.1) is 12.6 Å². The topological polar surface area (TPSA) is 120 Å². The van der Waals surface area contributed by atoms with Gasteiger partial charge in [-0.3, -0.25) is 0 Å². The Hall–Kier alpha value is -1.71. The number of carbonyl (C=O) groups is 1. The van der Waals surface area contributed by atoms with Crippen molar-refractivity contribution in [2.24, 2.45) is 0 Å². The summed E-state index contributed by atoms with van der Waals surface area (Å²) in [6, 6.07) is 8.69. The monoisotopic (exact) mass is 339 g/mol. The van der Waals surface area contributed by atoms with E-state index in [0.29, 0.717) is 0 Å². The Bertz CT molecular complexity index is 595. The van der Waals surface area contributed by atoms with E-state index in [4.69, 9.17) is 9.47 Å². The van der Waals surface area contributed by atoms with Gasteiger partial charge in [0, 0.05) is 13.5 Å². The van der Waals surface area contributed by atoms with Gasteiger partial charge in [-0.15, -0.1) is 0 Å². The molecule has 2 heterocycles. The minimum atomic E-state index is -1.84. The molecular weight excluding hydrogens is 318 g/mol. The molecule has 0 bridgehead atoms. The van der Waals surface area contributed by atoms with E-state index in [2.05, 4.69) is 0 Å². The Morgan fingerprint density at radius 2 is 1.88 bits per heavy atom. The van der Waals surface area contributed by atoms with E-state index in [1.165, 1.54) is 4.90 Å². The zero-order valence-electron chi connectivity index (χ0n) is 13.1. The maximum atomic E-state index is 12.3. The van der Waals surface area contributed by atoms with Gasteiger partial charge in [0.15, 0.2) is 0 Å². The van der Waals surface area contributed by atoms with Gasteiger partial charge in [-0.1, -0.05) is 30.3 Å². The van der Waals surface area contributed by atoms with E-state index >= 15 is 0 Å². The smallest absolute Gasteiger partial charge is 0.412 e. The second kappa shape index (κ2) is 6.30. The molecule has 2 saturated heterocycles.